The Labute approximate surface area is 124 Å². The number of rotatable bonds is 7. The summed E-state index contributed by atoms with van der Waals surface area (Å²) >= 11 is 0. The van der Waals surface area contributed by atoms with Gasteiger partial charge >= 0.3 is 0 Å². The largest absolute Gasteiger partial charge is 0.498 e. The second-order valence-electron chi connectivity index (χ2n) is 5.94. The van der Waals surface area contributed by atoms with E-state index in [2.05, 4.69) is 44.2 Å². The van der Waals surface area contributed by atoms with Crippen LogP contribution in [0.3, 0.4) is 0 Å². The molecule has 110 valence electrons. The Morgan fingerprint density at radius 3 is 2.15 bits per heavy atom. The molecule has 0 spiro atoms. The molecule has 1 atom stereocenters. The first-order valence-corrected chi connectivity index (χ1v) is 8.21. The molecule has 1 nitrogen and oxygen atoms in total. The molecule has 0 fully saturated rings. The molecule has 0 radical (unpaired) electrons. The Balaban J connectivity index is 1.75. The van der Waals surface area contributed by atoms with Crippen molar-refractivity contribution in [1.82, 2.24) is 0 Å². The quantitative estimate of drug-likeness (QED) is 0.655. The Kier molecular flexibility index (Phi) is 6.17. The standard InChI is InChI=1S/C19H28O/c1-3-5-16-7-9-17(10-8-16)11-12-18-13-14-19(6-4-2)20-15-18/h7-10,14,18H,3-6,11-13,15H2,1-2H3. The van der Waals surface area contributed by atoms with Gasteiger partial charge in [-0.3, -0.25) is 0 Å². The van der Waals surface area contributed by atoms with Crippen molar-refractivity contribution in [3.8, 4) is 0 Å². The summed E-state index contributed by atoms with van der Waals surface area (Å²) in [5.41, 5.74) is 2.93. The van der Waals surface area contributed by atoms with Gasteiger partial charge in [-0.1, -0.05) is 44.5 Å². The maximum atomic E-state index is 5.83. The molecule has 1 aromatic rings. The normalized spacial score (nSPS) is 18.5. The second kappa shape index (κ2) is 8.14. The minimum atomic E-state index is 0.700. The molecule has 1 heterocycles. The van der Waals surface area contributed by atoms with Crippen molar-refractivity contribution in [1.29, 1.82) is 0 Å². The molecule has 2 rings (SSSR count). The Hall–Kier alpha value is -1.24. The number of hydrogen-bond donors (Lipinski definition) is 0. The van der Waals surface area contributed by atoms with Gasteiger partial charge in [0.15, 0.2) is 0 Å². The highest BCUT2D eigenvalue weighted by Crippen LogP contribution is 2.23. The van der Waals surface area contributed by atoms with E-state index in [9.17, 15) is 0 Å². The van der Waals surface area contributed by atoms with Gasteiger partial charge in [-0.2, -0.15) is 0 Å². The molecule has 20 heavy (non-hydrogen) atoms. The average molecular weight is 272 g/mol. The minimum Gasteiger partial charge on any atom is -0.498 e. The third-order valence-electron chi connectivity index (χ3n) is 4.08. The summed E-state index contributed by atoms with van der Waals surface area (Å²) in [6, 6.07) is 9.17. The van der Waals surface area contributed by atoms with Crippen LogP contribution >= 0.6 is 0 Å². The van der Waals surface area contributed by atoms with E-state index in [0.29, 0.717) is 5.92 Å². The molecule has 0 amide bonds. The summed E-state index contributed by atoms with van der Waals surface area (Å²) in [5.74, 6) is 1.92. The van der Waals surface area contributed by atoms with Crippen LogP contribution in [0.25, 0.3) is 0 Å². The van der Waals surface area contributed by atoms with Crippen LogP contribution in [0.15, 0.2) is 36.1 Å². The molecule has 0 aliphatic carbocycles. The Morgan fingerprint density at radius 1 is 0.950 bits per heavy atom. The van der Waals surface area contributed by atoms with Crippen molar-refractivity contribution < 1.29 is 4.74 Å². The smallest absolute Gasteiger partial charge is 0.0920 e. The monoisotopic (exact) mass is 272 g/mol. The summed E-state index contributed by atoms with van der Waals surface area (Å²) in [6.45, 7) is 5.36. The predicted molar refractivity (Wildman–Crippen MR) is 85.8 cm³/mol. The van der Waals surface area contributed by atoms with E-state index in [1.54, 1.807) is 0 Å². The van der Waals surface area contributed by atoms with Crippen LogP contribution in [0.1, 0.15) is 57.1 Å². The minimum absolute atomic E-state index is 0.700. The van der Waals surface area contributed by atoms with Gasteiger partial charge in [0.05, 0.1) is 12.4 Å². The van der Waals surface area contributed by atoms with Crippen LogP contribution in [0, 0.1) is 5.92 Å². The van der Waals surface area contributed by atoms with Crippen LogP contribution in [0.4, 0.5) is 0 Å². The lowest BCUT2D eigenvalue weighted by Crippen LogP contribution is -2.14. The average Bonchev–Trinajstić information content (AvgIpc) is 2.49. The van der Waals surface area contributed by atoms with Gasteiger partial charge in [0.1, 0.15) is 0 Å². The van der Waals surface area contributed by atoms with Crippen LogP contribution in [0.2, 0.25) is 0 Å². The van der Waals surface area contributed by atoms with Crippen molar-refractivity contribution in [2.75, 3.05) is 6.61 Å². The highest BCUT2D eigenvalue weighted by atomic mass is 16.5. The van der Waals surface area contributed by atoms with Gasteiger partial charge in [-0.25, -0.2) is 0 Å². The SMILES string of the molecule is CCCC1=CCC(CCc2ccc(CCC)cc2)CO1. The number of hydrogen-bond acceptors (Lipinski definition) is 1. The molecule has 0 saturated carbocycles. The predicted octanol–water partition coefficient (Wildman–Crippen LogP) is 5.29. The van der Waals surface area contributed by atoms with E-state index in [1.165, 1.54) is 55.4 Å². The van der Waals surface area contributed by atoms with E-state index in [1.807, 2.05) is 0 Å². The molecule has 1 heteroatoms. The van der Waals surface area contributed by atoms with Gasteiger partial charge in [-0.15, -0.1) is 0 Å². The number of ether oxygens (including phenoxy) is 1. The molecule has 0 aromatic heterocycles. The molecule has 0 bridgehead atoms. The maximum absolute atomic E-state index is 5.83. The molecule has 0 saturated heterocycles. The fourth-order valence-corrected chi connectivity index (χ4v) is 2.80. The van der Waals surface area contributed by atoms with Crippen LogP contribution in [-0.2, 0) is 17.6 Å². The van der Waals surface area contributed by atoms with Gasteiger partial charge in [0.2, 0.25) is 0 Å². The van der Waals surface area contributed by atoms with E-state index in [0.717, 1.165) is 13.0 Å². The Morgan fingerprint density at radius 2 is 1.60 bits per heavy atom. The Bertz CT molecular complexity index is 416. The fourth-order valence-electron chi connectivity index (χ4n) is 2.80. The van der Waals surface area contributed by atoms with E-state index < -0.39 is 0 Å². The third-order valence-corrected chi connectivity index (χ3v) is 4.08. The molecule has 1 aromatic carbocycles. The summed E-state index contributed by atoms with van der Waals surface area (Å²) in [4.78, 5) is 0. The summed E-state index contributed by atoms with van der Waals surface area (Å²) in [5, 5.41) is 0. The fraction of sp³-hybridized carbons (Fsp3) is 0.579. The summed E-state index contributed by atoms with van der Waals surface area (Å²) in [6.07, 6.45) is 10.6. The molecule has 0 N–H and O–H groups in total. The van der Waals surface area contributed by atoms with Crippen molar-refractivity contribution in [2.45, 2.75) is 58.8 Å². The lowest BCUT2D eigenvalue weighted by molar-refractivity contribution is 0.134. The zero-order chi connectivity index (χ0) is 14.2. The second-order valence-corrected chi connectivity index (χ2v) is 5.94. The molecule has 1 unspecified atom stereocenters. The van der Waals surface area contributed by atoms with E-state index in [4.69, 9.17) is 4.74 Å². The number of benzene rings is 1. The topological polar surface area (TPSA) is 9.23 Å². The summed E-state index contributed by atoms with van der Waals surface area (Å²) in [7, 11) is 0. The van der Waals surface area contributed by atoms with Gasteiger partial charge in [0.25, 0.3) is 0 Å². The van der Waals surface area contributed by atoms with Gasteiger partial charge in [-0.05, 0) is 55.2 Å². The van der Waals surface area contributed by atoms with Crippen molar-refractivity contribution >= 4 is 0 Å². The van der Waals surface area contributed by atoms with E-state index >= 15 is 0 Å². The number of aryl methyl sites for hydroxylation is 2. The van der Waals surface area contributed by atoms with E-state index in [-0.39, 0.29) is 0 Å². The van der Waals surface area contributed by atoms with Gasteiger partial charge in [0, 0.05) is 6.42 Å². The highest BCUT2D eigenvalue weighted by Gasteiger charge is 2.14. The highest BCUT2D eigenvalue weighted by molar-refractivity contribution is 5.22. The summed E-state index contributed by atoms with van der Waals surface area (Å²) < 4.78 is 5.83. The lowest BCUT2D eigenvalue weighted by Gasteiger charge is -2.23. The molecule has 1 aliphatic rings. The maximum Gasteiger partial charge on any atom is 0.0920 e. The van der Waals surface area contributed by atoms with Crippen LogP contribution in [-0.4, -0.2) is 6.61 Å². The molecular weight excluding hydrogens is 244 g/mol. The first kappa shape index (κ1) is 15.2. The lowest BCUT2D eigenvalue weighted by atomic mass is 9.94. The zero-order valence-electron chi connectivity index (χ0n) is 13.0. The number of allylic oxidation sites excluding steroid dienone is 2. The first-order valence-electron chi connectivity index (χ1n) is 8.21. The van der Waals surface area contributed by atoms with Crippen LogP contribution in [0.5, 0.6) is 0 Å². The van der Waals surface area contributed by atoms with Crippen molar-refractivity contribution in [3.63, 3.8) is 0 Å². The third kappa shape index (κ3) is 4.70. The first-order chi connectivity index (χ1) is 9.81. The van der Waals surface area contributed by atoms with Crippen LogP contribution < -0.4 is 0 Å². The van der Waals surface area contributed by atoms with Crippen molar-refractivity contribution in [3.05, 3.63) is 47.2 Å². The van der Waals surface area contributed by atoms with Crippen molar-refractivity contribution in [2.24, 2.45) is 5.92 Å². The molecular formula is C19H28O. The van der Waals surface area contributed by atoms with Gasteiger partial charge < -0.3 is 4.74 Å². The molecule has 1 aliphatic heterocycles. The zero-order valence-corrected chi connectivity index (χ0v) is 13.0.